The van der Waals surface area contributed by atoms with Crippen LogP contribution in [0.2, 0.25) is 0 Å². The number of nitrogens with zero attached hydrogens (tertiary/aromatic N) is 1. The van der Waals surface area contributed by atoms with Crippen molar-refractivity contribution in [3.05, 3.63) is 24.3 Å². The number of carbonyl (C=O) groups excluding carboxylic acids is 3. The van der Waals surface area contributed by atoms with Crippen LogP contribution in [0.15, 0.2) is 29.2 Å². The van der Waals surface area contributed by atoms with Crippen LogP contribution < -0.4 is 10.2 Å². The lowest BCUT2D eigenvalue weighted by molar-refractivity contribution is -0.157. The second-order valence-corrected chi connectivity index (χ2v) is 8.44. The molecule has 0 aromatic heterocycles. The molecule has 1 aliphatic carbocycles. The third-order valence-corrected chi connectivity index (χ3v) is 6.80. The van der Waals surface area contributed by atoms with Gasteiger partial charge in [-0.2, -0.15) is 0 Å². The van der Waals surface area contributed by atoms with E-state index >= 15 is 0 Å². The van der Waals surface area contributed by atoms with Crippen LogP contribution in [0.1, 0.15) is 45.4 Å². The molecule has 0 spiro atoms. The lowest BCUT2D eigenvalue weighted by Gasteiger charge is -2.30. The molecular weight excluding hydrogens is 352 g/mol. The number of thioether (sulfide) groups is 1. The van der Waals surface area contributed by atoms with E-state index in [1.54, 1.807) is 11.8 Å². The molecule has 1 saturated carbocycles. The highest BCUT2D eigenvalue weighted by Gasteiger charge is 2.58. The number of para-hydroxylation sites is 1. The highest BCUT2D eigenvalue weighted by atomic mass is 32.2. The summed E-state index contributed by atoms with van der Waals surface area (Å²) in [6.07, 6.45) is 4.01. The van der Waals surface area contributed by atoms with E-state index in [0.29, 0.717) is 12.8 Å². The van der Waals surface area contributed by atoms with E-state index in [0.717, 1.165) is 36.3 Å². The van der Waals surface area contributed by atoms with Gasteiger partial charge < -0.3 is 10.1 Å². The van der Waals surface area contributed by atoms with Crippen molar-refractivity contribution in [1.29, 1.82) is 0 Å². The number of carbonyl (C=O) groups is 3. The topological polar surface area (TPSA) is 75.7 Å². The minimum atomic E-state index is -1.08. The number of fused-ring (bicyclic) bond motifs is 3. The van der Waals surface area contributed by atoms with Crippen LogP contribution >= 0.6 is 11.8 Å². The molecule has 4 rings (SSSR count). The zero-order valence-electron chi connectivity index (χ0n) is 14.7. The zero-order valence-corrected chi connectivity index (χ0v) is 15.5. The van der Waals surface area contributed by atoms with Gasteiger partial charge in [-0.1, -0.05) is 36.7 Å². The van der Waals surface area contributed by atoms with Gasteiger partial charge in [0, 0.05) is 23.8 Å². The van der Waals surface area contributed by atoms with E-state index in [1.165, 1.54) is 11.8 Å². The summed E-state index contributed by atoms with van der Waals surface area (Å²) in [6, 6.07) is 7.66. The smallest absolute Gasteiger partial charge is 0.344 e. The Balaban J connectivity index is 1.49. The number of ether oxygens (including phenoxy) is 1. The Kier molecular flexibility index (Phi) is 4.42. The first-order valence-electron chi connectivity index (χ1n) is 9.14. The quantitative estimate of drug-likeness (QED) is 0.820. The van der Waals surface area contributed by atoms with E-state index in [-0.39, 0.29) is 17.9 Å². The molecule has 26 heavy (non-hydrogen) atoms. The first kappa shape index (κ1) is 17.4. The summed E-state index contributed by atoms with van der Waals surface area (Å²) in [5, 5.41) is 2.95. The van der Waals surface area contributed by atoms with Gasteiger partial charge in [-0.3, -0.25) is 14.5 Å². The van der Waals surface area contributed by atoms with Crippen molar-refractivity contribution >= 4 is 35.2 Å². The molecule has 0 radical (unpaired) electrons. The highest BCUT2D eigenvalue weighted by molar-refractivity contribution is 8.02. The molecule has 1 N–H and O–H groups in total. The second kappa shape index (κ2) is 6.61. The second-order valence-electron chi connectivity index (χ2n) is 7.12. The number of amides is 2. The molecule has 0 bridgehead atoms. The van der Waals surface area contributed by atoms with Crippen LogP contribution in [-0.4, -0.2) is 34.8 Å². The number of rotatable bonds is 4. The molecule has 1 saturated heterocycles. The predicted octanol–water partition coefficient (Wildman–Crippen LogP) is 2.61. The van der Waals surface area contributed by atoms with E-state index in [2.05, 4.69) is 5.32 Å². The Morgan fingerprint density at radius 2 is 2.04 bits per heavy atom. The third kappa shape index (κ3) is 2.78. The molecule has 3 aliphatic rings. The molecule has 2 fully saturated rings. The lowest BCUT2D eigenvalue weighted by atomic mass is 10.2. The minimum absolute atomic E-state index is 0.0811. The summed E-state index contributed by atoms with van der Waals surface area (Å²) in [5.74, 6) is -0.862. The van der Waals surface area contributed by atoms with Gasteiger partial charge in [0.2, 0.25) is 5.91 Å². The third-order valence-electron chi connectivity index (χ3n) is 5.35. The maximum atomic E-state index is 13.0. The van der Waals surface area contributed by atoms with Crippen molar-refractivity contribution in [2.24, 2.45) is 0 Å². The van der Waals surface area contributed by atoms with Gasteiger partial charge in [0.1, 0.15) is 0 Å². The Labute approximate surface area is 156 Å². The standard InChI is InChI=1S/C19H22N2O4S/c1-12(17(23)20-13-6-2-3-7-13)25-18(24)19-11-10-16(22)21(19)14-8-4-5-9-15(14)26-19/h4-5,8-9,12-13H,2-3,6-7,10-11H2,1H3,(H,20,23)/t12-,19-/m1/s1. The SMILES string of the molecule is C[C@@H](OC(=O)[C@]12CCC(=O)N1c1ccccc1S2)C(=O)NC1CCCC1. The molecule has 2 heterocycles. The summed E-state index contributed by atoms with van der Waals surface area (Å²) in [5.41, 5.74) is 0.750. The van der Waals surface area contributed by atoms with Crippen LogP contribution in [0, 0.1) is 0 Å². The Morgan fingerprint density at radius 1 is 1.31 bits per heavy atom. The fourth-order valence-corrected chi connectivity index (χ4v) is 5.37. The monoisotopic (exact) mass is 374 g/mol. The number of benzene rings is 1. The fourth-order valence-electron chi connectivity index (χ4n) is 3.97. The zero-order chi connectivity index (χ0) is 18.3. The molecule has 2 amide bonds. The first-order chi connectivity index (χ1) is 12.5. The van der Waals surface area contributed by atoms with Crippen LogP contribution in [0.4, 0.5) is 5.69 Å². The van der Waals surface area contributed by atoms with Crippen molar-refractivity contribution < 1.29 is 19.1 Å². The molecular formula is C19H22N2O4S. The molecule has 0 unspecified atom stereocenters. The van der Waals surface area contributed by atoms with Crippen molar-refractivity contribution in [2.45, 2.75) is 67.4 Å². The average Bonchev–Trinajstić information content (AvgIpc) is 3.31. The largest absolute Gasteiger partial charge is 0.450 e. The Hall–Kier alpha value is -2.02. The highest BCUT2D eigenvalue weighted by Crippen LogP contribution is 2.56. The van der Waals surface area contributed by atoms with Crippen LogP contribution in [0.25, 0.3) is 0 Å². The minimum Gasteiger partial charge on any atom is -0.450 e. The van der Waals surface area contributed by atoms with E-state index in [1.807, 2.05) is 24.3 Å². The van der Waals surface area contributed by atoms with Crippen molar-refractivity contribution in [1.82, 2.24) is 5.32 Å². The average molecular weight is 374 g/mol. The number of anilines is 1. The number of hydrogen-bond donors (Lipinski definition) is 1. The first-order valence-corrected chi connectivity index (χ1v) is 9.95. The van der Waals surface area contributed by atoms with E-state index in [4.69, 9.17) is 4.74 Å². The van der Waals surface area contributed by atoms with E-state index < -0.39 is 16.9 Å². The van der Waals surface area contributed by atoms with Gasteiger partial charge >= 0.3 is 5.97 Å². The van der Waals surface area contributed by atoms with Crippen LogP contribution in [-0.2, 0) is 19.1 Å². The molecule has 138 valence electrons. The molecule has 6 nitrogen and oxygen atoms in total. The fraction of sp³-hybridized carbons (Fsp3) is 0.526. The van der Waals surface area contributed by atoms with Crippen molar-refractivity contribution in [3.63, 3.8) is 0 Å². The van der Waals surface area contributed by atoms with Gasteiger partial charge in [-0.25, -0.2) is 4.79 Å². The molecule has 1 aromatic rings. The lowest BCUT2D eigenvalue weighted by Crippen LogP contribution is -2.50. The summed E-state index contributed by atoms with van der Waals surface area (Å²) in [6.45, 7) is 1.59. The number of hydrogen-bond acceptors (Lipinski definition) is 5. The van der Waals surface area contributed by atoms with Gasteiger partial charge in [0.15, 0.2) is 11.0 Å². The number of nitrogens with one attached hydrogen (secondary N) is 1. The summed E-state index contributed by atoms with van der Waals surface area (Å²) >= 11 is 1.35. The molecule has 2 aliphatic heterocycles. The van der Waals surface area contributed by atoms with E-state index in [9.17, 15) is 14.4 Å². The molecule has 7 heteroatoms. The van der Waals surface area contributed by atoms with Crippen LogP contribution in [0.3, 0.4) is 0 Å². The van der Waals surface area contributed by atoms with Gasteiger partial charge in [0.05, 0.1) is 5.69 Å². The maximum Gasteiger partial charge on any atom is 0.344 e. The number of esters is 1. The molecule has 2 atom stereocenters. The molecule has 1 aromatic carbocycles. The summed E-state index contributed by atoms with van der Waals surface area (Å²) in [4.78, 5) is 39.1. The van der Waals surface area contributed by atoms with Gasteiger partial charge in [-0.15, -0.1) is 0 Å². The van der Waals surface area contributed by atoms with Crippen molar-refractivity contribution in [3.8, 4) is 0 Å². The summed E-state index contributed by atoms with van der Waals surface area (Å²) in [7, 11) is 0. The van der Waals surface area contributed by atoms with Gasteiger partial charge in [-0.05, 0) is 31.9 Å². The summed E-state index contributed by atoms with van der Waals surface area (Å²) < 4.78 is 5.52. The van der Waals surface area contributed by atoms with Crippen molar-refractivity contribution in [2.75, 3.05) is 4.90 Å². The van der Waals surface area contributed by atoms with Gasteiger partial charge in [0.25, 0.3) is 5.91 Å². The Bertz CT molecular complexity index is 762. The predicted molar refractivity (Wildman–Crippen MR) is 97.7 cm³/mol. The van der Waals surface area contributed by atoms with Crippen LogP contribution in [0.5, 0.6) is 0 Å². The Morgan fingerprint density at radius 3 is 2.81 bits per heavy atom. The normalized spacial score (nSPS) is 25.7. The maximum absolute atomic E-state index is 13.0.